The van der Waals surface area contributed by atoms with Crippen LogP contribution in [0.2, 0.25) is 0 Å². The molecule has 0 atom stereocenters. The molecule has 1 aliphatic rings. The number of nitrogens with zero attached hydrogens (tertiary/aromatic N) is 1. The van der Waals surface area contributed by atoms with Crippen molar-refractivity contribution in [2.45, 2.75) is 25.4 Å². The lowest BCUT2D eigenvalue weighted by Crippen LogP contribution is -2.36. The predicted octanol–water partition coefficient (Wildman–Crippen LogP) is 1.53. The van der Waals surface area contributed by atoms with E-state index in [-0.39, 0.29) is 0 Å². The quantitative estimate of drug-likeness (QED) is 0.810. The molecule has 1 amide bonds. The van der Waals surface area contributed by atoms with Crippen molar-refractivity contribution in [1.82, 2.24) is 4.57 Å². The van der Waals surface area contributed by atoms with Gasteiger partial charge in [0.2, 0.25) is 0 Å². The van der Waals surface area contributed by atoms with Crippen LogP contribution in [-0.2, 0) is 9.53 Å². The number of aryl methyl sites for hydroxylation is 1. The molecule has 3 rings (SSSR count). The topological polar surface area (TPSA) is 100 Å². The predicted molar refractivity (Wildman–Crippen MR) is 74.1 cm³/mol. The Bertz CT molecular complexity index is 729. The van der Waals surface area contributed by atoms with Crippen molar-refractivity contribution in [3.8, 4) is 0 Å². The summed E-state index contributed by atoms with van der Waals surface area (Å²) < 4.78 is 6.72. The molecule has 4 N–H and O–H groups in total. The van der Waals surface area contributed by atoms with Gasteiger partial charge in [-0.2, -0.15) is 0 Å². The van der Waals surface area contributed by atoms with Crippen LogP contribution in [0, 0.1) is 6.92 Å². The Hall–Kier alpha value is -2.50. The standard InChI is InChI=1S/C14H15N3O3/c1-8-6-9-7-10(15)2-3-11(9)17(8)13(19)20-14(4-5-14)12(16)18/h2-3,6-7H,4-5,15H2,1H3,(H2,16,18). The average molecular weight is 273 g/mol. The summed E-state index contributed by atoms with van der Waals surface area (Å²) in [5, 5.41) is 0.850. The van der Waals surface area contributed by atoms with Gasteiger partial charge < -0.3 is 16.2 Å². The van der Waals surface area contributed by atoms with E-state index < -0.39 is 17.6 Å². The molecule has 1 heterocycles. The number of benzene rings is 1. The summed E-state index contributed by atoms with van der Waals surface area (Å²) in [6.07, 6.45) is 0.386. The summed E-state index contributed by atoms with van der Waals surface area (Å²) in [4.78, 5) is 23.6. The van der Waals surface area contributed by atoms with Crippen LogP contribution in [0.25, 0.3) is 10.9 Å². The molecule has 0 aliphatic heterocycles. The lowest BCUT2D eigenvalue weighted by atomic mass is 10.2. The van der Waals surface area contributed by atoms with Crippen molar-refractivity contribution < 1.29 is 14.3 Å². The highest BCUT2D eigenvalue weighted by Crippen LogP contribution is 2.40. The fourth-order valence-corrected chi connectivity index (χ4v) is 2.34. The minimum atomic E-state index is -1.12. The van der Waals surface area contributed by atoms with E-state index in [2.05, 4.69) is 0 Å². The second kappa shape index (κ2) is 4.00. The maximum atomic E-state index is 12.3. The lowest BCUT2D eigenvalue weighted by Gasteiger charge is -2.14. The van der Waals surface area contributed by atoms with Crippen LogP contribution >= 0.6 is 0 Å². The fraction of sp³-hybridized carbons (Fsp3) is 0.286. The minimum absolute atomic E-state index is 0.485. The van der Waals surface area contributed by atoms with Gasteiger partial charge in [-0.3, -0.25) is 4.79 Å². The third-order valence-corrected chi connectivity index (χ3v) is 3.63. The number of fused-ring (bicyclic) bond motifs is 1. The first kappa shape index (κ1) is 12.5. The Kier molecular flexibility index (Phi) is 2.50. The van der Waals surface area contributed by atoms with E-state index in [0.717, 1.165) is 11.1 Å². The van der Waals surface area contributed by atoms with E-state index in [1.165, 1.54) is 4.57 Å². The van der Waals surface area contributed by atoms with E-state index in [4.69, 9.17) is 16.2 Å². The summed E-state index contributed by atoms with van der Waals surface area (Å²) in [6, 6.07) is 7.10. The van der Waals surface area contributed by atoms with E-state index in [1.54, 1.807) is 25.1 Å². The average Bonchev–Trinajstić information content (AvgIpc) is 3.06. The van der Waals surface area contributed by atoms with Gasteiger partial charge in [0.15, 0.2) is 5.60 Å². The summed E-state index contributed by atoms with van der Waals surface area (Å²) in [6.45, 7) is 1.79. The third kappa shape index (κ3) is 1.80. The SMILES string of the molecule is Cc1cc2cc(N)ccc2n1C(=O)OC1(C(N)=O)CC1. The number of anilines is 1. The molecule has 1 aromatic carbocycles. The summed E-state index contributed by atoms with van der Waals surface area (Å²) in [5.41, 5.74) is 11.9. The number of carbonyl (C=O) groups excluding carboxylic acids is 2. The molecular weight excluding hydrogens is 258 g/mol. The number of aromatic nitrogens is 1. The van der Waals surface area contributed by atoms with Gasteiger partial charge in [0.1, 0.15) is 0 Å². The van der Waals surface area contributed by atoms with Crippen LogP contribution in [0.4, 0.5) is 10.5 Å². The number of hydrogen-bond donors (Lipinski definition) is 2. The lowest BCUT2D eigenvalue weighted by molar-refractivity contribution is -0.128. The minimum Gasteiger partial charge on any atom is -0.432 e. The molecule has 0 spiro atoms. The van der Waals surface area contributed by atoms with Crippen LogP contribution in [0.1, 0.15) is 18.5 Å². The second-order valence-electron chi connectivity index (χ2n) is 5.17. The molecule has 6 nitrogen and oxygen atoms in total. The van der Waals surface area contributed by atoms with Gasteiger partial charge in [0.25, 0.3) is 5.91 Å². The highest BCUT2D eigenvalue weighted by Gasteiger charge is 2.53. The van der Waals surface area contributed by atoms with Gasteiger partial charge in [0.05, 0.1) is 5.52 Å². The van der Waals surface area contributed by atoms with Gasteiger partial charge in [0, 0.05) is 29.6 Å². The normalized spacial score (nSPS) is 16.1. The van der Waals surface area contributed by atoms with Crippen LogP contribution in [0.15, 0.2) is 24.3 Å². The number of hydrogen-bond acceptors (Lipinski definition) is 4. The molecule has 1 saturated carbocycles. The van der Waals surface area contributed by atoms with E-state index in [9.17, 15) is 9.59 Å². The zero-order valence-corrected chi connectivity index (χ0v) is 11.1. The molecule has 0 unspecified atom stereocenters. The van der Waals surface area contributed by atoms with Crippen molar-refractivity contribution in [1.29, 1.82) is 0 Å². The maximum absolute atomic E-state index is 12.3. The molecule has 0 saturated heterocycles. The number of rotatable bonds is 2. The third-order valence-electron chi connectivity index (χ3n) is 3.63. The molecule has 0 radical (unpaired) electrons. The van der Waals surface area contributed by atoms with E-state index in [0.29, 0.717) is 24.0 Å². The van der Waals surface area contributed by atoms with Gasteiger partial charge in [-0.25, -0.2) is 9.36 Å². The van der Waals surface area contributed by atoms with E-state index >= 15 is 0 Å². The van der Waals surface area contributed by atoms with Crippen molar-refractivity contribution in [2.75, 3.05) is 5.73 Å². The molecular formula is C14H15N3O3. The summed E-state index contributed by atoms with van der Waals surface area (Å²) in [7, 11) is 0. The number of nitrogen functional groups attached to an aromatic ring is 1. The first-order valence-electron chi connectivity index (χ1n) is 6.34. The van der Waals surface area contributed by atoms with Gasteiger partial charge in [-0.05, 0) is 31.2 Å². The number of amides is 1. The first-order chi connectivity index (χ1) is 9.43. The Morgan fingerprint density at radius 2 is 2.00 bits per heavy atom. The van der Waals surface area contributed by atoms with Crippen LogP contribution in [0.5, 0.6) is 0 Å². The second-order valence-corrected chi connectivity index (χ2v) is 5.17. The van der Waals surface area contributed by atoms with Crippen molar-refractivity contribution in [3.63, 3.8) is 0 Å². The Labute approximate surface area is 115 Å². The van der Waals surface area contributed by atoms with Crippen molar-refractivity contribution >= 4 is 28.6 Å². The molecule has 6 heteroatoms. The molecule has 104 valence electrons. The Balaban J connectivity index is 2.00. The highest BCUT2D eigenvalue weighted by atomic mass is 16.6. The summed E-state index contributed by atoms with van der Waals surface area (Å²) >= 11 is 0. The molecule has 1 aliphatic carbocycles. The number of carbonyl (C=O) groups is 2. The monoisotopic (exact) mass is 273 g/mol. The number of primary amides is 1. The molecule has 20 heavy (non-hydrogen) atoms. The van der Waals surface area contributed by atoms with Crippen molar-refractivity contribution in [2.24, 2.45) is 5.73 Å². The molecule has 0 bridgehead atoms. The number of ether oxygens (including phenoxy) is 1. The van der Waals surface area contributed by atoms with Crippen LogP contribution < -0.4 is 11.5 Å². The molecule has 2 aromatic rings. The van der Waals surface area contributed by atoms with E-state index in [1.807, 2.05) is 6.07 Å². The van der Waals surface area contributed by atoms with Crippen molar-refractivity contribution in [3.05, 3.63) is 30.0 Å². The molecule has 1 aromatic heterocycles. The summed E-state index contributed by atoms with van der Waals surface area (Å²) in [5.74, 6) is -0.593. The smallest absolute Gasteiger partial charge is 0.419 e. The Morgan fingerprint density at radius 1 is 1.30 bits per heavy atom. The van der Waals surface area contributed by atoms with Gasteiger partial charge >= 0.3 is 6.09 Å². The first-order valence-corrected chi connectivity index (χ1v) is 6.34. The van der Waals surface area contributed by atoms with Crippen LogP contribution in [-0.4, -0.2) is 22.2 Å². The highest BCUT2D eigenvalue weighted by molar-refractivity contribution is 5.94. The van der Waals surface area contributed by atoms with Gasteiger partial charge in [-0.15, -0.1) is 0 Å². The zero-order chi connectivity index (χ0) is 14.5. The van der Waals surface area contributed by atoms with Crippen LogP contribution in [0.3, 0.4) is 0 Å². The molecule has 1 fully saturated rings. The number of nitrogens with two attached hydrogens (primary N) is 2. The fourth-order valence-electron chi connectivity index (χ4n) is 2.34. The largest absolute Gasteiger partial charge is 0.432 e. The van der Waals surface area contributed by atoms with Gasteiger partial charge in [-0.1, -0.05) is 0 Å². The zero-order valence-electron chi connectivity index (χ0n) is 11.1. The maximum Gasteiger partial charge on any atom is 0.419 e. The Morgan fingerprint density at radius 3 is 2.60 bits per heavy atom.